The number of rotatable bonds is 12. The van der Waals surface area contributed by atoms with Crippen LogP contribution in [0.25, 0.3) is 166 Å². The van der Waals surface area contributed by atoms with Crippen LogP contribution in [0.2, 0.25) is 0 Å². The number of hydrogen-bond donors (Lipinski definition) is 0. The molecule has 0 N–H and O–H groups in total. The highest BCUT2D eigenvalue weighted by molar-refractivity contribution is 6.01. The largest absolute Gasteiger partial charge is 0.213 e. The summed E-state index contributed by atoms with van der Waals surface area (Å²) in [6, 6.07) is 110. The smallest absolute Gasteiger partial charge is 0.207 e. The Bertz CT molecular complexity index is 8250. The molecule has 0 atom stereocenters. The molecule has 0 aliphatic heterocycles. The summed E-state index contributed by atoms with van der Waals surface area (Å²) in [5, 5.41) is 8.27. The molecule has 8 heteroatoms. The van der Waals surface area contributed by atoms with Gasteiger partial charge in [-0.3, -0.25) is 0 Å². The minimum Gasteiger partial charge on any atom is -0.207 e. The average molecular weight is 1810 g/mol. The van der Waals surface area contributed by atoms with E-state index in [0.29, 0.717) is 17.0 Å². The van der Waals surface area contributed by atoms with Gasteiger partial charge in [-0.2, -0.15) is 13.7 Å². The number of benzene rings is 15. The topological polar surface area (TPSA) is 19.4 Å². The van der Waals surface area contributed by atoms with Crippen molar-refractivity contribution >= 4 is 54.3 Å². The average Bonchev–Trinajstić information content (AvgIpc) is 0.751. The Kier molecular flexibility index (Phi) is 26.0. The molecule has 682 valence electrons. The molecule has 0 unspecified atom stereocenters. The Morgan fingerprint density at radius 2 is 0.562 bits per heavy atom. The second-order valence-corrected chi connectivity index (χ2v) is 37.8. The summed E-state index contributed by atoms with van der Waals surface area (Å²) >= 11 is 0. The first-order chi connectivity index (χ1) is 68.1. The van der Waals surface area contributed by atoms with Gasteiger partial charge < -0.3 is 0 Å². The Morgan fingerprint density at radius 1 is 0.241 bits per heavy atom. The Hall–Kier alpha value is -14.9. The van der Waals surface area contributed by atoms with Crippen molar-refractivity contribution < 1.29 is 44.2 Å². The van der Waals surface area contributed by atoms with Crippen molar-refractivity contribution in [2.75, 3.05) is 0 Å². The van der Waals surface area contributed by atoms with Crippen LogP contribution in [0.1, 0.15) is 111 Å². The van der Waals surface area contributed by atoms with Gasteiger partial charge in [0.1, 0.15) is 52.7 Å². The van der Waals surface area contributed by atoms with Crippen LogP contribution in [0.3, 0.4) is 0 Å². The van der Waals surface area contributed by atoms with Gasteiger partial charge in [0.25, 0.3) is 0 Å². The highest BCUT2D eigenvalue weighted by atomic mass is 19.1. The Morgan fingerprint density at radius 3 is 0.964 bits per heavy atom. The van der Waals surface area contributed by atoms with Gasteiger partial charge in [0, 0.05) is 101 Å². The minimum absolute atomic E-state index is 0.213. The van der Waals surface area contributed by atoms with Crippen LogP contribution in [-0.4, -0.2) is 0 Å². The van der Waals surface area contributed by atoms with Crippen LogP contribution in [0.4, 0.5) is 13.2 Å². The molecular formula is C129H125F3N5+5. The maximum Gasteiger partial charge on any atom is 0.213 e. The number of pyridine rings is 5. The van der Waals surface area contributed by atoms with Crippen molar-refractivity contribution in [3.63, 3.8) is 0 Å². The normalized spacial score (nSPS) is 12.0. The maximum absolute atomic E-state index is 13.7. The fraction of sp³-hybridized carbons (Fsp3) is 0.186. The molecule has 0 radical (unpaired) electrons. The lowest BCUT2D eigenvalue weighted by Crippen LogP contribution is -2.32. The minimum atomic E-state index is -2.19. The van der Waals surface area contributed by atoms with Crippen molar-refractivity contribution in [2.45, 2.75) is 124 Å². The number of para-hydroxylation sites is 2. The summed E-state index contributed by atoms with van der Waals surface area (Å²) in [4.78, 5) is 0. The molecule has 20 aromatic rings. The molecule has 5 aromatic heterocycles. The molecule has 5 heterocycles. The third-order valence-corrected chi connectivity index (χ3v) is 26.9. The molecule has 0 spiro atoms. The zero-order valence-electron chi connectivity index (χ0n) is 88.5. The second-order valence-electron chi connectivity index (χ2n) is 37.8. The van der Waals surface area contributed by atoms with Gasteiger partial charge in [0.05, 0.1) is 26.9 Å². The first-order valence-electron chi connectivity index (χ1n) is 50.2. The zero-order valence-corrected chi connectivity index (χ0v) is 82.5. The van der Waals surface area contributed by atoms with Gasteiger partial charge >= 0.3 is 0 Å². The van der Waals surface area contributed by atoms with E-state index in [-0.39, 0.29) is 17.5 Å². The first kappa shape index (κ1) is 87.5. The molecule has 0 saturated carbocycles. The fourth-order valence-electron chi connectivity index (χ4n) is 19.2. The fourth-order valence-corrected chi connectivity index (χ4v) is 19.2. The van der Waals surface area contributed by atoms with Crippen LogP contribution in [0.5, 0.6) is 0 Å². The van der Waals surface area contributed by atoms with Gasteiger partial charge in [-0.1, -0.05) is 247 Å². The lowest BCUT2D eigenvalue weighted by atomic mass is 9.92. The molecule has 0 aliphatic rings. The summed E-state index contributed by atoms with van der Waals surface area (Å²) in [6.07, 6.45) is 5.39. The molecule has 137 heavy (non-hydrogen) atoms. The van der Waals surface area contributed by atoms with Gasteiger partial charge in [0.2, 0.25) is 45.0 Å². The number of hydrogen-bond acceptors (Lipinski definition) is 0. The molecule has 5 nitrogen and oxygen atoms in total. The maximum atomic E-state index is 13.7. The number of aromatic nitrogens is 5. The number of fused-ring (bicyclic) bond motifs is 5. The van der Waals surface area contributed by atoms with E-state index in [9.17, 15) is 13.2 Å². The van der Waals surface area contributed by atoms with E-state index in [1.165, 1.54) is 153 Å². The van der Waals surface area contributed by atoms with Gasteiger partial charge in [0.15, 0.2) is 12.4 Å². The zero-order chi connectivity index (χ0) is 102. The monoisotopic (exact) mass is 1810 g/mol. The molecule has 0 aliphatic carbocycles. The summed E-state index contributed by atoms with van der Waals surface area (Å²) in [5.41, 5.74) is 42.6. The molecule has 20 rings (SSSR count). The summed E-state index contributed by atoms with van der Waals surface area (Å²) in [5.74, 6) is -0.168. The van der Waals surface area contributed by atoms with E-state index in [0.717, 1.165) is 134 Å². The molecule has 0 fully saturated rings. The van der Waals surface area contributed by atoms with E-state index >= 15 is 0 Å². The van der Waals surface area contributed by atoms with Crippen LogP contribution in [0.15, 0.2) is 340 Å². The standard InChI is InChI=1S/C29H31FN.C26H26N.C25H23FN.C25H24N.C24H21FN/c1-18(2)13-22-7-12-25-27(23-8-10-24(30)11-9-23)17-29(31(6)28(25)16-22)26-15-19(3)14-20(4)21(26)5;1-17-9-11-21(12-10-17)23-8-6-7-22-15-26(27(5)16-25(22)23)24-14-18(2)13-19(3)20(24)4;1-16-13-17(2)18(3)22(14-16)25-15-23(19-9-11-20(26)12-10-19)21-7-5-6-8-24(21)27(25)4;1-17-9-12-20(13-10-17)22-7-5-6-21-15-25(26(4)16-24(21)22)23-14-18(2)8-11-19(23)3;1-16-8-9-17(2)21(14-16)24-15-22(18-10-12-19(25)13-11-18)20-6-4-5-7-23(20)26(24)3/h7-12,14-18H,13H2,1-6H3;6-16H,1-5H3;5-15H,1-4H3;5-16H,1-4H3;4-15H,1-3H3/q5*+1/i4D3;3D3;;;. The van der Waals surface area contributed by atoms with Crippen LogP contribution in [0, 0.1) is 127 Å². The molecule has 15 aromatic carbocycles. The van der Waals surface area contributed by atoms with Gasteiger partial charge in [-0.15, -0.1) is 0 Å². The second kappa shape index (κ2) is 40.8. The van der Waals surface area contributed by atoms with Crippen molar-refractivity contribution in [1.29, 1.82) is 0 Å². The Balaban J connectivity index is 0.000000129. The van der Waals surface area contributed by atoms with E-state index < -0.39 is 13.7 Å². The lowest BCUT2D eigenvalue weighted by Gasteiger charge is -2.14. The summed E-state index contributed by atoms with van der Waals surface area (Å²) in [6.45, 7) is 27.1. The predicted molar refractivity (Wildman–Crippen MR) is 569 cm³/mol. The van der Waals surface area contributed by atoms with Crippen LogP contribution in [-0.2, 0) is 41.7 Å². The van der Waals surface area contributed by atoms with E-state index in [4.69, 9.17) is 8.22 Å². The molecule has 0 saturated heterocycles. The summed E-state index contributed by atoms with van der Waals surface area (Å²) in [7, 11) is 10.4. The van der Waals surface area contributed by atoms with E-state index in [2.05, 4.69) is 369 Å². The van der Waals surface area contributed by atoms with E-state index in [1.807, 2.05) is 72.1 Å². The Labute approximate surface area is 816 Å². The number of nitrogens with zero attached hydrogens (tertiary/aromatic N) is 5. The highest BCUT2D eigenvalue weighted by Crippen LogP contribution is 2.41. The van der Waals surface area contributed by atoms with Crippen molar-refractivity contribution in [2.24, 2.45) is 41.2 Å². The van der Waals surface area contributed by atoms with Gasteiger partial charge in [-0.05, 0) is 301 Å². The van der Waals surface area contributed by atoms with Crippen molar-refractivity contribution in [1.82, 2.24) is 0 Å². The highest BCUT2D eigenvalue weighted by Gasteiger charge is 2.28. The van der Waals surface area contributed by atoms with Crippen molar-refractivity contribution in [3.8, 4) is 112 Å². The first-order valence-corrected chi connectivity index (χ1v) is 47.2. The third kappa shape index (κ3) is 20.7. The SMILES string of the molecule is Cc1cc(C)c(C)c(-c2cc(-c3ccc(F)cc3)c3ccccc3[n+]2C)c1.Cc1ccc(-c2cccc3cc(-c4cc(C)ccc4C)[n+](C)cc23)cc1.Cc1ccc(C)c(-c2cc(-c3ccc(F)cc3)c3ccccc3[n+]2C)c1.[2H]C([2H])([2H])c1cc(C)cc(-c2cc(-c3ccc(F)cc3)c3ccc(CC(C)C)cc3[n+]2C)c1C.[2H]C([2H])([2H])c1cc(C)cc(-c2cc3cccc(-c4ccc(C)cc4)c3c[n+]2C)c1C. The lowest BCUT2D eigenvalue weighted by molar-refractivity contribution is -0.659. The van der Waals surface area contributed by atoms with Crippen molar-refractivity contribution in [3.05, 3.63) is 446 Å². The summed E-state index contributed by atoms with van der Waals surface area (Å²) < 4.78 is 99.4. The number of aryl methyl sites for hydroxylation is 17. The quantitative estimate of drug-likeness (QED) is 0.109. The predicted octanol–water partition coefficient (Wildman–Crippen LogP) is 31.2. The molecule has 0 bridgehead atoms. The third-order valence-electron chi connectivity index (χ3n) is 26.9. The van der Waals surface area contributed by atoms with Gasteiger partial charge in [-0.25, -0.2) is 22.3 Å². The number of halogens is 3. The molecular weight excluding hydrogens is 1680 g/mol. The van der Waals surface area contributed by atoms with Crippen LogP contribution < -0.4 is 22.8 Å². The molecule has 0 amide bonds. The van der Waals surface area contributed by atoms with E-state index in [1.54, 1.807) is 24.3 Å². The van der Waals surface area contributed by atoms with Crippen LogP contribution >= 0.6 is 0 Å².